The number of hydrogen-bond acceptors (Lipinski definition) is 5. The third-order valence-corrected chi connectivity index (χ3v) is 8.33. The number of fused-ring (bicyclic) bond motifs is 4. The van der Waals surface area contributed by atoms with Crippen LogP contribution < -0.4 is 24.9 Å². The van der Waals surface area contributed by atoms with Crippen LogP contribution in [-0.2, 0) is 16.5 Å². The van der Waals surface area contributed by atoms with E-state index in [0.717, 1.165) is 67.7 Å². The van der Waals surface area contributed by atoms with Crippen molar-refractivity contribution in [3.05, 3.63) is 52.2 Å². The first-order valence-electron chi connectivity index (χ1n) is 13.4. The molecule has 2 aromatic carbocycles. The maximum atomic E-state index is 11.9. The lowest BCUT2D eigenvalue weighted by atomic mass is 9.87. The van der Waals surface area contributed by atoms with Crippen LogP contribution in [0, 0.1) is 5.92 Å². The number of aryl methyl sites for hydroxylation is 1. The second kappa shape index (κ2) is 9.55. The van der Waals surface area contributed by atoms with Crippen molar-refractivity contribution in [3.8, 4) is 11.5 Å². The predicted molar refractivity (Wildman–Crippen MR) is 148 cm³/mol. The minimum absolute atomic E-state index is 0.428. The zero-order valence-electron chi connectivity index (χ0n) is 22.5. The van der Waals surface area contributed by atoms with Gasteiger partial charge in [-0.25, -0.2) is 9.57 Å². The van der Waals surface area contributed by atoms with Crippen molar-refractivity contribution in [3.63, 3.8) is 0 Å². The Morgan fingerprint density at radius 3 is 2.68 bits per heavy atom. The molecule has 3 heterocycles. The van der Waals surface area contributed by atoms with Crippen LogP contribution in [-0.4, -0.2) is 43.9 Å². The smallest absolute Gasteiger partial charge is 0.269 e. The average Bonchev–Trinajstić information content (AvgIpc) is 2.80. The van der Waals surface area contributed by atoms with Crippen LogP contribution in [0.25, 0.3) is 5.57 Å². The summed E-state index contributed by atoms with van der Waals surface area (Å²) in [7, 11) is -4.20. The van der Waals surface area contributed by atoms with E-state index >= 15 is 0 Å². The fourth-order valence-corrected chi connectivity index (χ4v) is 6.54. The van der Waals surface area contributed by atoms with Gasteiger partial charge in [-0.3, -0.25) is 4.55 Å². The first-order chi connectivity index (χ1) is 17.4. The molecule has 0 bridgehead atoms. The Morgan fingerprint density at radius 1 is 1.19 bits per heavy atom. The molecule has 3 aliphatic rings. The molecule has 0 radical (unpaired) electrons. The molecule has 0 aromatic heterocycles. The van der Waals surface area contributed by atoms with E-state index in [-0.39, 0.29) is 0 Å². The summed E-state index contributed by atoms with van der Waals surface area (Å²) in [6.45, 7) is 13.6. The van der Waals surface area contributed by atoms with Crippen molar-refractivity contribution in [1.82, 2.24) is 4.58 Å². The minimum Gasteiger partial charge on any atom is -0.452 e. The fraction of sp³-hybridized carbons (Fsp3) is 0.517. The van der Waals surface area contributed by atoms with E-state index in [0.29, 0.717) is 22.9 Å². The highest BCUT2D eigenvalue weighted by Crippen LogP contribution is 2.46. The molecule has 0 spiro atoms. The standard InChI is InChI=1S/C29H37N3O4S/c1-6-31-11-8-10-20-13-23-27(15-25(20)31)36-28-16-26-22(14-24(28)30-23)21(18-37(33,34)35)17-29(4,5)32(26)12-7-9-19(2)3/h13-17,19H,6-12,18H2,1-5H3/p+1. The molecule has 2 aromatic rings. The first-order valence-corrected chi connectivity index (χ1v) is 15.0. The molecule has 8 heteroatoms. The maximum Gasteiger partial charge on any atom is 0.269 e. The molecular weight excluding hydrogens is 486 g/mol. The molecule has 0 unspecified atom stereocenters. The maximum absolute atomic E-state index is 11.9. The highest BCUT2D eigenvalue weighted by molar-refractivity contribution is 7.86. The van der Waals surface area contributed by atoms with Crippen LogP contribution in [0.5, 0.6) is 11.5 Å². The third kappa shape index (κ3) is 5.18. The van der Waals surface area contributed by atoms with Gasteiger partial charge >= 0.3 is 0 Å². The van der Waals surface area contributed by atoms with Crippen molar-refractivity contribution in [2.45, 2.75) is 65.8 Å². The average molecular weight is 525 g/mol. The quantitative estimate of drug-likeness (QED) is 0.363. The Labute approximate surface area is 219 Å². The number of benzene rings is 2. The Morgan fingerprint density at radius 2 is 1.97 bits per heavy atom. The number of rotatable bonds is 7. The van der Waals surface area contributed by atoms with Gasteiger partial charge in [0.2, 0.25) is 5.36 Å². The fourth-order valence-electron chi connectivity index (χ4n) is 5.90. The van der Waals surface area contributed by atoms with E-state index < -0.39 is 21.4 Å². The van der Waals surface area contributed by atoms with Crippen LogP contribution in [0.15, 0.2) is 35.3 Å². The number of anilines is 1. The van der Waals surface area contributed by atoms with Crippen LogP contribution in [0.1, 0.15) is 65.0 Å². The molecule has 7 nitrogen and oxygen atoms in total. The molecule has 37 heavy (non-hydrogen) atoms. The molecule has 3 aliphatic heterocycles. The summed E-state index contributed by atoms with van der Waals surface area (Å²) in [6, 6.07) is 8.17. The van der Waals surface area contributed by atoms with E-state index in [1.165, 1.54) is 10.9 Å². The predicted octanol–water partition coefficient (Wildman–Crippen LogP) is 4.51. The van der Waals surface area contributed by atoms with Crippen LogP contribution >= 0.6 is 0 Å². The van der Waals surface area contributed by atoms with Gasteiger partial charge in [-0.1, -0.05) is 19.9 Å². The summed E-state index contributed by atoms with van der Waals surface area (Å²) in [5.41, 5.74) is 3.83. The highest BCUT2D eigenvalue weighted by Gasteiger charge is 2.35. The van der Waals surface area contributed by atoms with Gasteiger partial charge < -0.3 is 9.64 Å². The van der Waals surface area contributed by atoms with Gasteiger partial charge in [0, 0.05) is 35.8 Å². The molecule has 198 valence electrons. The van der Waals surface area contributed by atoms with Crippen molar-refractivity contribution < 1.29 is 17.7 Å². The van der Waals surface area contributed by atoms with Gasteiger partial charge in [-0.2, -0.15) is 8.42 Å². The molecule has 0 fully saturated rings. The van der Waals surface area contributed by atoms with Crippen LogP contribution in [0.3, 0.4) is 0 Å². The largest absolute Gasteiger partial charge is 0.452 e. The highest BCUT2D eigenvalue weighted by atomic mass is 32.2. The summed E-state index contributed by atoms with van der Waals surface area (Å²) in [4.78, 5) is 7.27. The van der Waals surface area contributed by atoms with Gasteiger partial charge in [0.1, 0.15) is 29.9 Å². The number of nitrogens with zero attached hydrogens (tertiary/aromatic N) is 3. The van der Waals surface area contributed by atoms with E-state index in [4.69, 9.17) is 9.73 Å². The molecule has 0 aliphatic carbocycles. The van der Waals surface area contributed by atoms with Crippen molar-refractivity contribution in [1.29, 1.82) is 0 Å². The molecule has 0 amide bonds. The second-order valence-electron chi connectivity index (χ2n) is 11.4. The van der Waals surface area contributed by atoms with E-state index in [1.807, 2.05) is 18.2 Å². The second-order valence-corrected chi connectivity index (χ2v) is 12.9. The van der Waals surface area contributed by atoms with Crippen molar-refractivity contribution >= 4 is 27.1 Å². The lowest BCUT2D eigenvalue weighted by molar-refractivity contribution is 0.461. The normalized spacial score (nSPS) is 17.8. The van der Waals surface area contributed by atoms with Gasteiger partial charge in [0.25, 0.3) is 10.1 Å². The van der Waals surface area contributed by atoms with Crippen LogP contribution in [0.2, 0.25) is 0 Å². The third-order valence-electron chi connectivity index (χ3n) is 7.66. The summed E-state index contributed by atoms with van der Waals surface area (Å²) < 4.78 is 42.4. The monoisotopic (exact) mass is 524 g/mol. The summed E-state index contributed by atoms with van der Waals surface area (Å²) >= 11 is 0. The molecule has 0 atom stereocenters. The van der Waals surface area contributed by atoms with E-state index in [9.17, 15) is 13.0 Å². The SMILES string of the molecule is CC[N+]1=c2cc3c(cc2CCC1)=Nc1cc2c(cc1O3)N(CCCC(C)C)C(C)(C)C=C2CS(=O)(=O)O. The lowest BCUT2D eigenvalue weighted by Gasteiger charge is -2.44. The molecule has 1 N–H and O–H groups in total. The zero-order chi connectivity index (χ0) is 26.5. The van der Waals surface area contributed by atoms with Crippen LogP contribution in [0.4, 0.5) is 11.4 Å². The summed E-state index contributed by atoms with van der Waals surface area (Å²) in [6.07, 6.45) is 6.24. The molecule has 5 rings (SSSR count). The molecule has 0 saturated carbocycles. The Bertz CT molecular complexity index is 1510. The van der Waals surface area contributed by atoms with Gasteiger partial charge in [-0.05, 0) is 63.7 Å². The first kappa shape index (κ1) is 25.9. The van der Waals surface area contributed by atoms with E-state index in [1.54, 1.807) is 0 Å². The van der Waals surface area contributed by atoms with Gasteiger partial charge in [0.15, 0.2) is 11.5 Å². The van der Waals surface area contributed by atoms with Crippen molar-refractivity contribution in [2.24, 2.45) is 10.9 Å². The Balaban J connectivity index is 1.65. The summed E-state index contributed by atoms with van der Waals surface area (Å²) in [5.74, 6) is 1.60. The zero-order valence-corrected chi connectivity index (χ0v) is 23.4. The topological polar surface area (TPSA) is 82.2 Å². The van der Waals surface area contributed by atoms with Gasteiger partial charge in [-0.15, -0.1) is 0 Å². The summed E-state index contributed by atoms with van der Waals surface area (Å²) in [5, 5.41) is 2.02. The molecule has 0 saturated heterocycles. The Kier molecular flexibility index (Phi) is 6.69. The number of hydrogen-bond donors (Lipinski definition) is 1. The number of ether oxygens (including phenoxy) is 1. The Hall–Kier alpha value is -2.71. The van der Waals surface area contributed by atoms with E-state index in [2.05, 4.69) is 56.2 Å². The van der Waals surface area contributed by atoms with Crippen molar-refractivity contribution in [2.75, 3.05) is 30.3 Å². The lowest BCUT2D eigenvalue weighted by Crippen LogP contribution is -2.46. The van der Waals surface area contributed by atoms with Gasteiger partial charge in [0.05, 0.1) is 11.6 Å². The minimum atomic E-state index is -4.20. The molecular formula is C29H38N3O4S+.